The summed E-state index contributed by atoms with van der Waals surface area (Å²) in [5.41, 5.74) is 1.22. The molecule has 32 heavy (non-hydrogen) atoms. The van der Waals surface area contributed by atoms with Crippen LogP contribution in [0.4, 0.5) is 5.82 Å². The van der Waals surface area contributed by atoms with Crippen molar-refractivity contribution in [1.82, 2.24) is 14.9 Å². The van der Waals surface area contributed by atoms with Gasteiger partial charge in [-0.15, -0.1) is 0 Å². The predicted octanol–water partition coefficient (Wildman–Crippen LogP) is 2.71. The molecule has 1 aromatic heterocycles. The van der Waals surface area contributed by atoms with Crippen LogP contribution in [0.15, 0.2) is 24.3 Å². The molecule has 8 nitrogen and oxygen atoms in total. The smallest absolute Gasteiger partial charge is 0.254 e. The lowest BCUT2D eigenvalue weighted by Gasteiger charge is -2.32. The Morgan fingerprint density at radius 2 is 2.00 bits per heavy atom. The Morgan fingerprint density at radius 3 is 2.72 bits per heavy atom. The van der Waals surface area contributed by atoms with Crippen molar-refractivity contribution in [2.45, 2.75) is 64.6 Å². The molecule has 1 N–H and O–H groups in total. The van der Waals surface area contributed by atoms with E-state index in [2.05, 4.69) is 0 Å². The topological polar surface area (TPSA) is 95.9 Å². The van der Waals surface area contributed by atoms with Crippen LogP contribution in [0.2, 0.25) is 0 Å². The zero-order chi connectivity index (χ0) is 23.0. The van der Waals surface area contributed by atoms with Crippen LogP contribution in [0.5, 0.6) is 5.75 Å². The molecule has 2 aliphatic rings. The molecule has 1 atom stereocenters. The fourth-order valence-electron chi connectivity index (χ4n) is 4.55. The van der Waals surface area contributed by atoms with Crippen molar-refractivity contribution in [3.8, 4) is 5.75 Å². The molecule has 1 aromatic carbocycles. The Morgan fingerprint density at radius 1 is 1.25 bits per heavy atom. The number of likely N-dealkylation sites (tertiary alicyclic amines) is 1. The van der Waals surface area contributed by atoms with Crippen LogP contribution >= 0.6 is 0 Å². The molecular weight excluding hydrogens is 408 g/mol. The van der Waals surface area contributed by atoms with Crippen LogP contribution in [-0.2, 0) is 22.6 Å². The summed E-state index contributed by atoms with van der Waals surface area (Å²) < 4.78 is 5.47. The predicted molar refractivity (Wildman–Crippen MR) is 119 cm³/mol. The van der Waals surface area contributed by atoms with Gasteiger partial charge in [0.25, 0.3) is 5.91 Å². The molecule has 3 heterocycles. The van der Waals surface area contributed by atoms with Crippen LogP contribution in [-0.4, -0.2) is 51.0 Å². The van der Waals surface area contributed by atoms with Crippen molar-refractivity contribution in [2.24, 2.45) is 0 Å². The summed E-state index contributed by atoms with van der Waals surface area (Å²) in [6, 6.07) is 7.31. The summed E-state index contributed by atoms with van der Waals surface area (Å²) in [4.78, 5) is 38.7. The molecule has 8 heteroatoms. The first-order valence-corrected chi connectivity index (χ1v) is 11.0. The Kier molecular flexibility index (Phi) is 5.90. The molecular formula is C24H30N4O4. The number of nitrogens with zero attached hydrogens (tertiary/aromatic N) is 4. The zero-order valence-corrected chi connectivity index (χ0v) is 19.1. The average molecular weight is 439 g/mol. The highest BCUT2D eigenvalue weighted by Gasteiger charge is 2.39. The molecule has 0 radical (unpaired) electrons. The first kappa shape index (κ1) is 22.2. The number of amides is 2. The van der Waals surface area contributed by atoms with Crippen molar-refractivity contribution in [3.63, 3.8) is 0 Å². The van der Waals surface area contributed by atoms with E-state index < -0.39 is 5.60 Å². The third-order valence-corrected chi connectivity index (χ3v) is 6.21. The van der Waals surface area contributed by atoms with E-state index in [1.165, 1.54) is 13.8 Å². The number of para-hydroxylation sites is 1. The van der Waals surface area contributed by atoms with Gasteiger partial charge in [0.15, 0.2) is 5.82 Å². The van der Waals surface area contributed by atoms with Gasteiger partial charge in [0.05, 0.1) is 19.7 Å². The summed E-state index contributed by atoms with van der Waals surface area (Å²) in [6.07, 6.45) is 2.54. The standard InChI is InChI=1S/C24H30N4O4/c1-15-17-11-12-20(29)28(14-16-8-5-6-10-19(16)32-4)22(17)26-21(25-15)18-9-7-13-27(18)23(30)24(2,3)31/h5-6,8,10,18,31H,7,9,11-14H2,1-4H3. The summed E-state index contributed by atoms with van der Waals surface area (Å²) in [6.45, 7) is 5.83. The number of rotatable bonds is 5. The molecule has 0 spiro atoms. The van der Waals surface area contributed by atoms with Gasteiger partial charge >= 0.3 is 0 Å². The van der Waals surface area contributed by atoms with Crippen molar-refractivity contribution in [1.29, 1.82) is 0 Å². The monoisotopic (exact) mass is 438 g/mol. The minimum absolute atomic E-state index is 0.00306. The van der Waals surface area contributed by atoms with E-state index in [-0.39, 0.29) is 17.9 Å². The van der Waals surface area contributed by atoms with Gasteiger partial charge in [-0.3, -0.25) is 14.5 Å². The Labute approximate surface area is 188 Å². The van der Waals surface area contributed by atoms with E-state index in [1.54, 1.807) is 16.9 Å². The number of hydrogen-bond acceptors (Lipinski definition) is 6. The zero-order valence-electron chi connectivity index (χ0n) is 19.1. The molecule has 4 rings (SSSR count). The summed E-state index contributed by atoms with van der Waals surface area (Å²) in [7, 11) is 1.61. The second-order valence-corrected chi connectivity index (χ2v) is 8.98. The maximum Gasteiger partial charge on any atom is 0.254 e. The van der Waals surface area contributed by atoms with Gasteiger partial charge in [0.1, 0.15) is 17.2 Å². The number of benzene rings is 1. The fourth-order valence-corrected chi connectivity index (χ4v) is 4.55. The van der Waals surface area contributed by atoms with E-state index >= 15 is 0 Å². The van der Waals surface area contributed by atoms with Crippen LogP contribution in [0.3, 0.4) is 0 Å². The van der Waals surface area contributed by atoms with Crippen molar-refractivity contribution in [3.05, 3.63) is 46.9 Å². The lowest BCUT2D eigenvalue weighted by Crippen LogP contribution is -2.45. The van der Waals surface area contributed by atoms with Gasteiger partial charge in [-0.1, -0.05) is 18.2 Å². The number of aliphatic hydroxyl groups is 1. The molecule has 170 valence electrons. The molecule has 0 bridgehead atoms. The minimum Gasteiger partial charge on any atom is -0.496 e. The lowest BCUT2D eigenvalue weighted by molar-refractivity contribution is -0.149. The highest BCUT2D eigenvalue weighted by atomic mass is 16.5. The van der Waals surface area contributed by atoms with Gasteiger partial charge < -0.3 is 14.7 Å². The van der Waals surface area contributed by atoms with E-state index in [9.17, 15) is 14.7 Å². The molecule has 0 saturated carbocycles. The second-order valence-electron chi connectivity index (χ2n) is 8.98. The van der Waals surface area contributed by atoms with Crippen LogP contribution < -0.4 is 9.64 Å². The third-order valence-electron chi connectivity index (χ3n) is 6.21. The van der Waals surface area contributed by atoms with Gasteiger partial charge in [-0.25, -0.2) is 9.97 Å². The summed E-state index contributed by atoms with van der Waals surface area (Å²) in [5, 5.41) is 10.3. The number of fused-ring (bicyclic) bond motifs is 1. The van der Waals surface area contributed by atoms with E-state index in [1.807, 2.05) is 31.2 Å². The Hall–Kier alpha value is -3.00. The summed E-state index contributed by atoms with van der Waals surface area (Å²) >= 11 is 0. The van der Waals surface area contributed by atoms with Crippen LogP contribution in [0.25, 0.3) is 0 Å². The average Bonchev–Trinajstić information content (AvgIpc) is 3.24. The van der Waals surface area contributed by atoms with E-state index in [0.717, 1.165) is 35.4 Å². The van der Waals surface area contributed by atoms with Gasteiger partial charge in [-0.2, -0.15) is 0 Å². The molecule has 2 aromatic rings. The third kappa shape index (κ3) is 4.07. The molecule has 1 fully saturated rings. The maximum absolute atomic E-state index is 12.9. The molecule has 2 amide bonds. The molecule has 1 unspecified atom stereocenters. The largest absolute Gasteiger partial charge is 0.496 e. The molecule has 1 saturated heterocycles. The van der Waals surface area contributed by atoms with E-state index in [4.69, 9.17) is 14.7 Å². The van der Waals surface area contributed by atoms with Crippen LogP contribution in [0, 0.1) is 6.92 Å². The number of carbonyl (C=O) groups is 2. The number of anilines is 1. The Balaban J connectivity index is 1.73. The van der Waals surface area contributed by atoms with E-state index in [0.29, 0.717) is 37.6 Å². The fraction of sp³-hybridized carbons (Fsp3) is 0.500. The number of ether oxygens (including phenoxy) is 1. The SMILES string of the molecule is COc1ccccc1CN1C(=O)CCc2c(C)nc(C3CCCN3C(=O)C(C)(C)O)nc21. The molecule has 0 aliphatic carbocycles. The number of hydrogen-bond donors (Lipinski definition) is 1. The van der Waals surface area contributed by atoms with Crippen molar-refractivity contribution in [2.75, 3.05) is 18.6 Å². The van der Waals surface area contributed by atoms with Gasteiger partial charge in [0.2, 0.25) is 5.91 Å². The highest BCUT2D eigenvalue weighted by Crippen LogP contribution is 2.36. The highest BCUT2D eigenvalue weighted by molar-refractivity contribution is 5.95. The molecule has 2 aliphatic heterocycles. The van der Waals surface area contributed by atoms with Crippen molar-refractivity contribution >= 4 is 17.6 Å². The Bertz CT molecular complexity index is 1050. The van der Waals surface area contributed by atoms with Gasteiger partial charge in [0, 0.05) is 29.8 Å². The van der Waals surface area contributed by atoms with Crippen molar-refractivity contribution < 1.29 is 19.4 Å². The number of carbonyl (C=O) groups excluding carboxylic acids is 2. The van der Waals surface area contributed by atoms with Crippen LogP contribution in [0.1, 0.15) is 61.8 Å². The minimum atomic E-state index is -1.46. The quantitative estimate of drug-likeness (QED) is 0.771. The lowest BCUT2D eigenvalue weighted by atomic mass is 10.0. The summed E-state index contributed by atoms with van der Waals surface area (Å²) in [5.74, 6) is 1.52. The number of aromatic nitrogens is 2. The number of methoxy groups -OCH3 is 1. The second kappa shape index (κ2) is 8.50. The number of aryl methyl sites for hydroxylation is 1. The first-order chi connectivity index (χ1) is 15.2. The normalized spacial score (nSPS) is 18.7. The van der Waals surface area contributed by atoms with Gasteiger partial charge in [-0.05, 0) is 46.1 Å². The maximum atomic E-state index is 12.9. The first-order valence-electron chi connectivity index (χ1n) is 11.0.